The molecule has 8 aromatic carbocycles. The molecule has 11 aromatic rings. The number of furan rings is 1. The van der Waals surface area contributed by atoms with Crippen LogP contribution in [0.25, 0.3) is 106 Å². The fourth-order valence-corrected chi connectivity index (χ4v) is 7.92. The number of nitrogens with zero attached hydrogens (tertiary/aromatic N) is 4. The molecule has 0 aliphatic heterocycles. The van der Waals surface area contributed by atoms with Crippen molar-refractivity contribution in [2.45, 2.75) is 0 Å². The SMILES string of the molecule is c1ccc(-c2ccc(-c3cccc(-c4nc(-c5ccc6c(c5)oc5ccccc56)nc(-c5ccc6c7ccccc7n(-c7ccccc7)c6c5)n4)c3)cc2)cc1. The molecule has 5 nitrogen and oxygen atoms in total. The lowest BCUT2D eigenvalue weighted by molar-refractivity contribution is 0.669. The second kappa shape index (κ2) is 13.0. The van der Waals surface area contributed by atoms with Crippen LogP contribution in [0.15, 0.2) is 199 Å². The Bertz CT molecular complexity index is 3240. The molecule has 0 atom stereocenters. The molecule has 3 aromatic heterocycles. The summed E-state index contributed by atoms with van der Waals surface area (Å²) in [6, 6.07) is 67.5. The zero-order valence-electron chi connectivity index (χ0n) is 30.2. The van der Waals surface area contributed by atoms with Crippen molar-refractivity contribution in [3.63, 3.8) is 0 Å². The lowest BCUT2D eigenvalue weighted by Crippen LogP contribution is -2.00. The van der Waals surface area contributed by atoms with Crippen molar-refractivity contribution in [1.82, 2.24) is 19.5 Å². The number of fused-ring (bicyclic) bond motifs is 6. The summed E-state index contributed by atoms with van der Waals surface area (Å²) in [6.07, 6.45) is 0. The van der Waals surface area contributed by atoms with Gasteiger partial charge in [0, 0.05) is 43.9 Å². The van der Waals surface area contributed by atoms with Crippen molar-refractivity contribution >= 4 is 43.7 Å². The standard InChI is InChI=1S/C51H32N4O/c1-3-12-33(13-4-1)34-22-24-35(25-23-34)36-14-11-15-37(30-36)49-52-50(54-51(53-49)39-27-29-44-43-19-8-10-21-47(43)56-48(44)32-39)38-26-28-42-41-18-7-9-20-45(41)55(46(42)31-38)40-16-5-2-6-17-40/h1-32H. The van der Waals surface area contributed by atoms with Crippen LogP contribution < -0.4 is 0 Å². The average Bonchev–Trinajstić information content (AvgIpc) is 3.82. The van der Waals surface area contributed by atoms with Crippen LogP contribution in [0.3, 0.4) is 0 Å². The number of hydrogen-bond acceptors (Lipinski definition) is 4. The normalized spacial score (nSPS) is 11.6. The number of aromatic nitrogens is 4. The molecule has 0 fully saturated rings. The smallest absolute Gasteiger partial charge is 0.164 e. The minimum Gasteiger partial charge on any atom is -0.456 e. The van der Waals surface area contributed by atoms with Crippen LogP contribution in [0, 0.1) is 0 Å². The van der Waals surface area contributed by atoms with Crippen molar-refractivity contribution in [1.29, 1.82) is 0 Å². The van der Waals surface area contributed by atoms with E-state index in [1.54, 1.807) is 0 Å². The molecule has 11 rings (SSSR count). The van der Waals surface area contributed by atoms with E-state index in [0.29, 0.717) is 17.5 Å². The molecule has 5 heteroatoms. The van der Waals surface area contributed by atoms with Crippen molar-refractivity contribution in [3.8, 4) is 62.1 Å². The van der Waals surface area contributed by atoms with E-state index in [9.17, 15) is 0 Å². The lowest BCUT2D eigenvalue weighted by atomic mass is 9.99. The van der Waals surface area contributed by atoms with Gasteiger partial charge in [0.2, 0.25) is 0 Å². The van der Waals surface area contributed by atoms with Crippen LogP contribution in [-0.4, -0.2) is 19.5 Å². The third-order valence-corrected chi connectivity index (χ3v) is 10.7. The Hall–Kier alpha value is -7.63. The molecule has 0 N–H and O–H groups in total. The first kappa shape index (κ1) is 31.9. The fraction of sp³-hybridized carbons (Fsp3) is 0. The molecule has 0 aliphatic rings. The van der Waals surface area contributed by atoms with E-state index in [0.717, 1.165) is 66.5 Å². The van der Waals surface area contributed by atoms with Crippen LogP contribution in [0.4, 0.5) is 0 Å². The highest BCUT2D eigenvalue weighted by Gasteiger charge is 2.18. The highest BCUT2D eigenvalue weighted by atomic mass is 16.3. The van der Waals surface area contributed by atoms with Gasteiger partial charge in [-0.2, -0.15) is 0 Å². The summed E-state index contributed by atoms with van der Waals surface area (Å²) in [4.78, 5) is 15.5. The van der Waals surface area contributed by atoms with Crippen LogP contribution in [-0.2, 0) is 0 Å². The molecule has 0 saturated carbocycles. The summed E-state index contributed by atoms with van der Waals surface area (Å²) in [7, 11) is 0. The van der Waals surface area contributed by atoms with E-state index < -0.39 is 0 Å². The third kappa shape index (κ3) is 5.45. The van der Waals surface area contributed by atoms with Crippen LogP contribution in [0.5, 0.6) is 0 Å². The monoisotopic (exact) mass is 716 g/mol. The summed E-state index contributed by atoms with van der Waals surface area (Å²) >= 11 is 0. The minimum absolute atomic E-state index is 0.577. The first-order valence-corrected chi connectivity index (χ1v) is 18.8. The van der Waals surface area contributed by atoms with Gasteiger partial charge in [-0.05, 0) is 70.8 Å². The van der Waals surface area contributed by atoms with Gasteiger partial charge in [0.1, 0.15) is 11.2 Å². The summed E-state index contributed by atoms with van der Waals surface area (Å²) in [6.45, 7) is 0. The molecule has 56 heavy (non-hydrogen) atoms. The maximum absolute atomic E-state index is 6.30. The Labute approximate surface area is 322 Å². The van der Waals surface area contributed by atoms with Crippen molar-refractivity contribution in [2.24, 2.45) is 0 Å². The summed E-state index contributed by atoms with van der Waals surface area (Å²) in [5.41, 5.74) is 12.2. The quantitative estimate of drug-likeness (QED) is 0.172. The Morgan fingerprint density at radius 1 is 0.304 bits per heavy atom. The van der Waals surface area contributed by atoms with E-state index in [2.05, 4.69) is 162 Å². The molecule has 0 amide bonds. The third-order valence-electron chi connectivity index (χ3n) is 10.7. The number of para-hydroxylation sites is 3. The van der Waals surface area contributed by atoms with Crippen molar-refractivity contribution in [3.05, 3.63) is 194 Å². The van der Waals surface area contributed by atoms with E-state index in [1.165, 1.54) is 21.9 Å². The van der Waals surface area contributed by atoms with Crippen LogP contribution >= 0.6 is 0 Å². The van der Waals surface area contributed by atoms with E-state index in [4.69, 9.17) is 19.4 Å². The maximum atomic E-state index is 6.30. The first-order chi connectivity index (χ1) is 27.7. The first-order valence-electron chi connectivity index (χ1n) is 18.8. The predicted molar refractivity (Wildman–Crippen MR) is 229 cm³/mol. The average molecular weight is 717 g/mol. The van der Waals surface area contributed by atoms with Gasteiger partial charge in [-0.25, -0.2) is 15.0 Å². The topological polar surface area (TPSA) is 56.7 Å². The van der Waals surface area contributed by atoms with Crippen molar-refractivity contribution < 1.29 is 4.42 Å². The van der Waals surface area contributed by atoms with Gasteiger partial charge in [-0.3, -0.25) is 0 Å². The molecule has 0 aliphatic carbocycles. The van der Waals surface area contributed by atoms with E-state index in [1.807, 2.05) is 36.4 Å². The number of hydrogen-bond donors (Lipinski definition) is 0. The fourth-order valence-electron chi connectivity index (χ4n) is 7.92. The largest absolute Gasteiger partial charge is 0.456 e. The second-order valence-electron chi connectivity index (χ2n) is 14.1. The van der Waals surface area contributed by atoms with E-state index >= 15 is 0 Å². The summed E-state index contributed by atoms with van der Waals surface area (Å²) in [5.74, 6) is 1.77. The molecular formula is C51H32N4O. The van der Waals surface area contributed by atoms with Gasteiger partial charge < -0.3 is 8.98 Å². The Balaban J connectivity index is 1.08. The molecule has 0 radical (unpaired) electrons. The minimum atomic E-state index is 0.577. The highest BCUT2D eigenvalue weighted by Crippen LogP contribution is 2.37. The molecule has 0 bridgehead atoms. The Morgan fingerprint density at radius 2 is 0.786 bits per heavy atom. The number of benzene rings is 8. The van der Waals surface area contributed by atoms with E-state index in [-0.39, 0.29) is 0 Å². The molecular weight excluding hydrogens is 685 g/mol. The lowest BCUT2D eigenvalue weighted by Gasteiger charge is -2.11. The van der Waals surface area contributed by atoms with Gasteiger partial charge in [0.05, 0.1) is 11.0 Å². The van der Waals surface area contributed by atoms with Gasteiger partial charge in [-0.15, -0.1) is 0 Å². The zero-order chi connectivity index (χ0) is 37.0. The molecule has 262 valence electrons. The highest BCUT2D eigenvalue weighted by molar-refractivity contribution is 6.10. The summed E-state index contributed by atoms with van der Waals surface area (Å²) < 4.78 is 8.62. The van der Waals surface area contributed by atoms with Crippen LogP contribution in [0.2, 0.25) is 0 Å². The Kier molecular flexibility index (Phi) is 7.42. The van der Waals surface area contributed by atoms with Crippen LogP contribution in [0.1, 0.15) is 0 Å². The van der Waals surface area contributed by atoms with Gasteiger partial charge in [0.15, 0.2) is 17.5 Å². The maximum Gasteiger partial charge on any atom is 0.164 e. The van der Waals surface area contributed by atoms with Gasteiger partial charge in [-0.1, -0.05) is 146 Å². The van der Waals surface area contributed by atoms with Gasteiger partial charge in [0.25, 0.3) is 0 Å². The molecule has 0 unspecified atom stereocenters. The molecule has 0 saturated heterocycles. The number of rotatable bonds is 6. The van der Waals surface area contributed by atoms with Crippen molar-refractivity contribution in [2.75, 3.05) is 0 Å². The Morgan fingerprint density at radius 3 is 1.54 bits per heavy atom. The van der Waals surface area contributed by atoms with Gasteiger partial charge >= 0.3 is 0 Å². The predicted octanol–water partition coefficient (Wildman–Crippen LogP) is 13.2. The molecule has 3 heterocycles. The zero-order valence-corrected chi connectivity index (χ0v) is 30.2. The summed E-state index contributed by atoms with van der Waals surface area (Å²) in [5, 5.41) is 4.51. The molecule has 0 spiro atoms. The second-order valence-corrected chi connectivity index (χ2v) is 14.1.